The number of benzene rings is 3. The maximum absolute atomic E-state index is 6.21. The molecule has 0 amide bonds. The van der Waals surface area contributed by atoms with E-state index in [2.05, 4.69) is 38.1 Å². The van der Waals surface area contributed by atoms with Crippen molar-refractivity contribution >= 4 is 0 Å². The van der Waals surface area contributed by atoms with Gasteiger partial charge in [0, 0.05) is 6.07 Å². The van der Waals surface area contributed by atoms with E-state index in [0.29, 0.717) is 25.7 Å². The number of ether oxygens (including phenoxy) is 3. The summed E-state index contributed by atoms with van der Waals surface area (Å²) in [7, 11) is 0. The molecule has 0 heterocycles. The first-order chi connectivity index (χ1) is 15.3. The van der Waals surface area contributed by atoms with Crippen LogP contribution in [0.25, 0.3) is 0 Å². The van der Waals surface area contributed by atoms with Crippen molar-refractivity contribution in [3.8, 4) is 17.2 Å². The summed E-state index contributed by atoms with van der Waals surface area (Å²) in [6.07, 6.45) is 4.78. The lowest BCUT2D eigenvalue weighted by molar-refractivity contribution is 0.214. The minimum atomic E-state index is 0.492. The van der Waals surface area contributed by atoms with Crippen LogP contribution in [0.4, 0.5) is 0 Å². The quantitative estimate of drug-likeness (QED) is 0.289. The highest BCUT2D eigenvalue weighted by atomic mass is 16.5. The van der Waals surface area contributed by atoms with Gasteiger partial charge < -0.3 is 14.2 Å². The van der Waals surface area contributed by atoms with Crippen LogP contribution in [0.2, 0.25) is 0 Å². The van der Waals surface area contributed by atoms with E-state index in [9.17, 15) is 0 Å². The Morgan fingerprint density at radius 2 is 1.32 bits per heavy atom. The highest BCUT2D eigenvalue weighted by Crippen LogP contribution is 2.33. The van der Waals surface area contributed by atoms with E-state index >= 15 is 0 Å². The molecule has 0 spiro atoms. The van der Waals surface area contributed by atoms with Crippen molar-refractivity contribution in [1.29, 1.82) is 0 Å². The lowest BCUT2D eigenvalue weighted by Gasteiger charge is -2.18. The molecule has 0 aliphatic rings. The van der Waals surface area contributed by atoms with E-state index in [-0.39, 0.29) is 0 Å². The Bertz CT molecular complexity index is 877. The summed E-state index contributed by atoms with van der Waals surface area (Å²) < 4.78 is 18.4. The summed E-state index contributed by atoms with van der Waals surface area (Å²) in [5, 5.41) is 0. The number of rotatable bonds is 13. The molecule has 0 bridgehead atoms. The third-order valence-corrected chi connectivity index (χ3v) is 5.42. The first kappa shape index (κ1) is 22.7. The van der Waals surface area contributed by atoms with Gasteiger partial charge >= 0.3 is 0 Å². The summed E-state index contributed by atoms with van der Waals surface area (Å²) in [5.41, 5.74) is 2.26. The van der Waals surface area contributed by atoms with Crippen LogP contribution in [0, 0.1) is 5.92 Å². The number of hydrogen-bond acceptors (Lipinski definition) is 3. The molecule has 0 aliphatic carbocycles. The zero-order valence-electron chi connectivity index (χ0n) is 18.8. The van der Waals surface area contributed by atoms with Crippen LogP contribution in [-0.4, -0.2) is 6.61 Å². The number of hydrogen-bond donors (Lipinski definition) is 0. The largest absolute Gasteiger partial charge is 0.489 e. The third-order valence-electron chi connectivity index (χ3n) is 5.42. The van der Waals surface area contributed by atoms with Crippen LogP contribution in [0.3, 0.4) is 0 Å². The van der Waals surface area contributed by atoms with Gasteiger partial charge in [-0.1, -0.05) is 93.8 Å². The fourth-order valence-corrected chi connectivity index (χ4v) is 3.39. The molecule has 0 fully saturated rings. The lowest BCUT2D eigenvalue weighted by atomic mass is 10.0. The summed E-state index contributed by atoms with van der Waals surface area (Å²) in [6, 6.07) is 26.2. The minimum absolute atomic E-state index is 0.492. The summed E-state index contributed by atoms with van der Waals surface area (Å²) >= 11 is 0. The third kappa shape index (κ3) is 7.67. The summed E-state index contributed by atoms with van der Waals surface area (Å²) in [4.78, 5) is 0. The average Bonchev–Trinajstić information content (AvgIpc) is 2.83. The van der Waals surface area contributed by atoms with Gasteiger partial charge in [-0.3, -0.25) is 0 Å². The van der Waals surface area contributed by atoms with Crippen LogP contribution in [0.5, 0.6) is 17.2 Å². The van der Waals surface area contributed by atoms with Gasteiger partial charge in [0.05, 0.1) is 6.61 Å². The monoisotopic (exact) mass is 418 g/mol. The Morgan fingerprint density at radius 3 is 1.94 bits per heavy atom. The van der Waals surface area contributed by atoms with Crippen molar-refractivity contribution in [2.45, 2.75) is 52.7 Å². The first-order valence-corrected chi connectivity index (χ1v) is 11.4. The first-order valence-electron chi connectivity index (χ1n) is 11.4. The Morgan fingerprint density at radius 1 is 0.677 bits per heavy atom. The van der Waals surface area contributed by atoms with Crippen molar-refractivity contribution in [3.63, 3.8) is 0 Å². The van der Waals surface area contributed by atoms with Gasteiger partial charge in [-0.15, -0.1) is 0 Å². The Kier molecular flexibility index (Phi) is 9.31. The molecule has 3 aromatic carbocycles. The standard InChI is InChI=1S/C28H34O3/c1-3-5-12-23(4-2)20-30-27-18-17-26(29-21-24-13-8-6-9-14-24)19-28(27)31-22-25-15-10-7-11-16-25/h6-11,13-19,23H,3-5,12,20-22H2,1-2H3. The van der Waals surface area contributed by atoms with Crippen molar-refractivity contribution < 1.29 is 14.2 Å². The van der Waals surface area contributed by atoms with Crippen LogP contribution in [0.1, 0.15) is 50.7 Å². The molecular formula is C28H34O3. The number of unbranched alkanes of at least 4 members (excludes halogenated alkanes) is 1. The van der Waals surface area contributed by atoms with Gasteiger partial charge in [-0.25, -0.2) is 0 Å². The SMILES string of the molecule is CCCCC(CC)COc1ccc(OCc2ccccc2)cc1OCc1ccccc1. The van der Waals surface area contributed by atoms with Crippen LogP contribution >= 0.6 is 0 Å². The predicted molar refractivity (Wildman–Crippen MR) is 127 cm³/mol. The zero-order valence-corrected chi connectivity index (χ0v) is 18.8. The molecule has 1 atom stereocenters. The second-order valence-corrected chi connectivity index (χ2v) is 7.88. The molecular weight excluding hydrogens is 384 g/mol. The molecule has 3 nitrogen and oxygen atoms in total. The van der Waals surface area contributed by atoms with E-state index in [1.54, 1.807) is 0 Å². The van der Waals surface area contributed by atoms with E-state index in [1.807, 2.05) is 54.6 Å². The van der Waals surface area contributed by atoms with Gasteiger partial charge in [0.2, 0.25) is 0 Å². The van der Waals surface area contributed by atoms with Crippen LogP contribution in [0.15, 0.2) is 78.9 Å². The van der Waals surface area contributed by atoms with Gasteiger partial charge in [-0.05, 0) is 35.6 Å². The van der Waals surface area contributed by atoms with Crippen molar-refractivity contribution in [2.75, 3.05) is 6.61 Å². The smallest absolute Gasteiger partial charge is 0.165 e. The second kappa shape index (κ2) is 12.7. The molecule has 0 aliphatic heterocycles. The predicted octanol–water partition coefficient (Wildman–Crippen LogP) is 7.44. The van der Waals surface area contributed by atoms with Crippen molar-refractivity contribution in [3.05, 3.63) is 90.0 Å². The Labute approximate surface area is 187 Å². The van der Waals surface area contributed by atoms with Gasteiger partial charge in [-0.2, -0.15) is 0 Å². The van der Waals surface area contributed by atoms with Gasteiger partial charge in [0.1, 0.15) is 19.0 Å². The zero-order chi connectivity index (χ0) is 21.7. The molecule has 164 valence electrons. The highest BCUT2D eigenvalue weighted by molar-refractivity contribution is 5.46. The van der Waals surface area contributed by atoms with E-state index < -0.39 is 0 Å². The molecule has 0 N–H and O–H groups in total. The molecule has 0 radical (unpaired) electrons. The van der Waals surface area contributed by atoms with Gasteiger partial charge in [0.25, 0.3) is 0 Å². The van der Waals surface area contributed by atoms with Crippen molar-refractivity contribution in [1.82, 2.24) is 0 Å². The highest BCUT2D eigenvalue weighted by Gasteiger charge is 2.12. The Hall–Kier alpha value is -2.94. The molecule has 31 heavy (non-hydrogen) atoms. The summed E-state index contributed by atoms with van der Waals surface area (Å²) in [6.45, 7) is 6.19. The van der Waals surface area contributed by atoms with Crippen LogP contribution in [-0.2, 0) is 13.2 Å². The molecule has 1 unspecified atom stereocenters. The normalized spacial score (nSPS) is 11.7. The summed E-state index contributed by atoms with van der Waals surface area (Å²) in [5.74, 6) is 2.84. The van der Waals surface area contributed by atoms with E-state index in [0.717, 1.165) is 34.8 Å². The molecule has 0 saturated heterocycles. The van der Waals surface area contributed by atoms with Gasteiger partial charge in [0.15, 0.2) is 11.5 Å². The fraction of sp³-hybridized carbons (Fsp3) is 0.357. The lowest BCUT2D eigenvalue weighted by Crippen LogP contribution is -2.12. The Balaban J connectivity index is 1.69. The minimum Gasteiger partial charge on any atom is -0.489 e. The fourth-order valence-electron chi connectivity index (χ4n) is 3.39. The average molecular weight is 419 g/mol. The van der Waals surface area contributed by atoms with E-state index in [4.69, 9.17) is 14.2 Å². The molecule has 0 aromatic heterocycles. The molecule has 3 aromatic rings. The topological polar surface area (TPSA) is 27.7 Å². The van der Waals surface area contributed by atoms with E-state index in [1.165, 1.54) is 19.3 Å². The maximum atomic E-state index is 6.21. The molecule has 0 saturated carbocycles. The maximum Gasteiger partial charge on any atom is 0.165 e. The second-order valence-electron chi connectivity index (χ2n) is 7.88. The molecule has 3 rings (SSSR count). The van der Waals surface area contributed by atoms with Crippen LogP contribution < -0.4 is 14.2 Å². The molecule has 3 heteroatoms. The van der Waals surface area contributed by atoms with Crippen molar-refractivity contribution in [2.24, 2.45) is 5.92 Å².